The molecule has 2 aliphatic carbocycles. The second-order valence-electron chi connectivity index (χ2n) is 5.50. The van der Waals surface area contributed by atoms with Crippen molar-refractivity contribution in [2.45, 2.75) is 44.9 Å². The normalized spacial score (nSPS) is 45.7. The van der Waals surface area contributed by atoms with E-state index in [1.807, 2.05) is 0 Å². The van der Waals surface area contributed by atoms with Crippen LogP contribution in [0.15, 0.2) is 0 Å². The summed E-state index contributed by atoms with van der Waals surface area (Å²) in [6, 6.07) is 0. The van der Waals surface area contributed by atoms with Crippen molar-refractivity contribution in [2.24, 2.45) is 17.3 Å². The van der Waals surface area contributed by atoms with E-state index < -0.39 is 0 Å². The lowest BCUT2D eigenvalue weighted by Gasteiger charge is -2.25. The summed E-state index contributed by atoms with van der Waals surface area (Å²) < 4.78 is 0. The number of hydrogen-bond donors (Lipinski definition) is 1. The third-order valence-corrected chi connectivity index (χ3v) is 4.73. The minimum absolute atomic E-state index is 0.799. The van der Waals surface area contributed by atoms with Crippen molar-refractivity contribution in [3.05, 3.63) is 0 Å². The van der Waals surface area contributed by atoms with Crippen LogP contribution in [0.25, 0.3) is 0 Å². The first kappa shape index (κ1) is 8.28. The van der Waals surface area contributed by atoms with Crippen LogP contribution in [0.4, 0.5) is 0 Å². The van der Waals surface area contributed by atoms with Gasteiger partial charge in [-0.1, -0.05) is 25.7 Å². The summed E-state index contributed by atoms with van der Waals surface area (Å²) in [7, 11) is 0. The zero-order valence-corrected chi connectivity index (χ0v) is 8.52. The van der Waals surface area contributed by atoms with Gasteiger partial charge in [-0.05, 0) is 43.1 Å². The first-order valence-corrected chi connectivity index (χ1v) is 6.11. The van der Waals surface area contributed by atoms with Gasteiger partial charge in [0.2, 0.25) is 0 Å². The van der Waals surface area contributed by atoms with Gasteiger partial charge in [-0.15, -0.1) is 0 Å². The molecule has 0 aromatic carbocycles. The molecule has 1 heteroatoms. The summed E-state index contributed by atoms with van der Waals surface area (Å²) in [5.74, 6) is 2.25. The van der Waals surface area contributed by atoms with Crippen molar-refractivity contribution in [3.8, 4) is 0 Å². The predicted molar refractivity (Wildman–Crippen MR) is 54.6 cm³/mol. The Kier molecular flexibility index (Phi) is 1.90. The molecule has 1 N–H and O–H groups in total. The maximum absolute atomic E-state index is 3.59. The number of rotatable bonds is 1. The van der Waals surface area contributed by atoms with Crippen molar-refractivity contribution < 1.29 is 0 Å². The summed E-state index contributed by atoms with van der Waals surface area (Å²) in [4.78, 5) is 0. The van der Waals surface area contributed by atoms with Crippen LogP contribution in [0.5, 0.6) is 0 Å². The lowest BCUT2D eigenvalue weighted by Crippen LogP contribution is -2.33. The van der Waals surface area contributed by atoms with E-state index >= 15 is 0 Å². The van der Waals surface area contributed by atoms with E-state index in [-0.39, 0.29) is 0 Å². The monoisotopic (exact) mass is 179 g/mol. The summed E-state index contributed by atoms with van der Waals surface area (Å²) in [6.45, 7) is 2.62. The van der Waals surface area contributed by atoms with Crippen molar-refractivity contribution >= 4 is 0 Å². The largest absolute Gasteiger partial charge is 0.316 e. The van der Waals surface area contributed by atoms with E-state index in [1.165, 1.54) is 38.8 Å². The Labute approximate surface area is 81.3 Å². The van der Waals surface area contributed by atoms with Gasteiger partial charge in [0, 0.05) is 6.54 Å². The first-order chi connectivity index (χ1) is 6.41. The molecule has 3 aliphatic rings. The van der Waals surface area contributed by atoms with Crippen LogP contribution in [0, 0.1) is 17.3 Å². The smallest absolute Gasteiger partial charge is 0.00107 e. The van der Waals surface area contributed by atoms with E-state index in [0.717, 1.165) is 17.3 Å². The predicted octanol–water partition coefficient (Wildman–Crippen LogP) is 2.57. The van der Waals surface area contributed by atoms with E-state index in [1.54, 1.807) is 19.3 Å². The Morgan fingerprint density at radius 1 is 1.08 bits per heavy atom. The Bertz CT molecular complexity index is 187. The molecule has 1 aliphatic heterocycles. The van der Waals surface area contributed by atoms with E-state index in [4.69, 9.17) is 0 Å². The standard InChI is InChI=1S/C12H21N/c1-2-5-10(4-1)11-8-12(11)6-3-7-13-9-12/h10-11,13H,1-9H2. The van der Waals surface area contributed by atoms with Crippen molar-refractivity contribution in [2.75, 3.05) is 13.1 Å². The highest BCUT2D eigenvalue weighted by molar-refractivity contribution is 5.07. The molecule has 74 valence electrons. The SMILES string of the molecule is C1CCC(C2CC23CCCNC3)C1. The Hall–Kier alpha value is -0.0400. The zero-order valence-electron chi connectivity index (χ0n) is 8.52. The molecule has 1 spiro atoms. The quantitative estimate of drug-likeness (QED) is 0.652. The van der Waals surface area contributed by atoms with Crippen LogP contribution in [-0.2, 0) is 0 Å². The molecule has 0 aromatic rings. The molecule has 0 bridgehead atoms. The molecule has 2 saturated carbocycles. The topological polar surface area (TPSA) is 12.0 Å². The summed E-state index contributed by atoms with van der Waals surface area (Å²) >= 11 is 0. The molecule has 1 saturated heterocycles. The van der Waals surface area contributed by atoms with Gasteiger partial charge in [0.1, 0.15) is 0 Å². The van der Waals surface area contributed by atoms with Crippen LogP contribution in [0.2, 0.25) is 0 Å². The molecule has 2 atom stereocenters. The first-order valence-electron chi connectivity index (χ1n) is 6.11. The molecule has 13 heavy (non-hydrogen) atoms. The lowest BCUT2D eigenvalue weighted by molar-refractivity contribution is 0.288. The van der Waals surface area contributed by atoms with Crippen molar-refractivity contribution in [1.29, 1.82) is 0 Å². The van der Waals surface area contributed by atoms with Crippen LogP contribution in [-0.4, -0.2) is 13.1 Å². The van der Waals surface area contributed by atoms with Crippen LogP contribution < -0.4 is 5.32 Å². The molecule has 2 unspecified atom stereocenters. The van der Waals surface area contributed by atoms with E-state index in [0.29, 0.717) is 0 Å². The van der Waals surface area contributed by atoms with E-state index in [9.17, 15) is 0 Å². The van der Waals surface area contributed by atoms with Crippen molar-refractivity contribution in [3.63, 3.8) is 0 Å². The maximum Gasteiger partial charge on any atom is 0.00107 e. The van der Waals surface area contributed by atoms with Gasteiger partial charge in [0.05, 0.1) is 0 Å². The van der Waals surface area contributed by atoms with Crippen LogP contribution in [0.3, 0.4) is 0 Å². The average Bonchev–Trinajstić information content (AvgIpc) is 2.68. The average molecular weight is 179 g/mol. The van der Waals surface area contributed by atoms with Crippen molar-refractivity contribution in [1.82, 2.24) is 5.32 Å². The highest BCUT2D eigenvalue weighted by Crippen LogP contribution is 2.62. The third kappa shape index (κ3) is 1.32. The Morgan fingerprint density at radius 3 is 2.62 bits per heavy atom. The number of hydrogen-bond acceptors (Lipinski definition) is 1. The number of piperidine rings is 1. The van der Waals surface area contributed by atoms with Gasteiger partial charge >= 0.3 is 0 Å². The summed E-state index contributed by atoms with van der Waals surface area (Å²) in [5, 5.41) is 3.59. The minimum Gasteiger partial charge on any atom is -0.316 e. The van der Waals surface area contributed by atoms with Gasteiger partial charge < -0.3 is 5.32 Å². The van der Waals surface area contributed by atoms with Gasteiger partial charge in [0.15, 0.2) is 0 Å². The molecule has 0 amide bonds. The minimum atomic E-state index is 0.799. The number of nitrogens with one attached hydrogen (secondary N) is 1. The fraction of sp³-hybridized carbons (Fsp3) is 1.00. The fourth-order valence-corrected chi connectivity index (χ4v) is 3.89. The van der Waals surface area contributed by atoms with Gasteiger partial charge in [0.25, 0.3) is 0 Å². The molecule has 3 rings (SSSR count). The van der Waals surface area contributed by atoms with Crippen LogP contribution >= 0.6 is 0 Å². The molecule has 0 aromatic heterocycles. The molecule has 3 fully saturated rings. The molecule has 1 heterocycles. The highest BCUT2D eigenvalue weighted by atomic mass is 14.9. The van der Waals surface area contributed by atoms with Gasteiger partial charge in [-0.2, -0.15) is 0 Å². The summed E-state index contributed by atoms with van der Waals surface area (Å²) in [6.07, 6.45) is 10.7. The second-order valence-corrected chi connectivity index (χ2v) is 5.50. The second kappa shape index (κ2) is 2.98. The van der Waals surface area contributed by atoms with E-state index in [2.05, 4.69) is 5.32 Å². The molecule has 0 radical (unpaired) electrons. The lowest BCUT2D eigenvalue weighted by atomic mass is 9.88. The highest BCUT2D eigenvalue weighted by Gasteiger charge is 2.56. The fourth-order valence-electron chi connectivity index (χ4n) is 3.89. The summed E-state index contributed by atoms with van der Waals surface area (Å²) in [5.41, 5.74) is 0.799. The zero-order chi connectivity index (χ0) is 8.73. The molecular weight excluding hydrogens is 158 g/mol. The molecular formula is C12H21N. The van der Waals surface area contributed by atoms with Gasteiger partial charge in [-0.25, -0.2) is 0 Å². The Morgan fingerprint density at radius 2 is 1.92 bits per heavy atom. The van der Waals surface area contributed by atoms with Gasteiger partial charge in [-0.3, -0.25) is 0 Å². The Balaban J connectivity index is 1.63. The van der Waals surface area contributed by atoms with Crippen LogP contribution in [0.1, 0.15) is 44.9 Å². The molecule has 1 nitrogen and oxygen atoms in total. The maximum atomic E-state index is 3.59. The third-order valence-electron chi connectivity index (χ3n) is 4.73.